The molecule has 1 aromatic rings. The maximum absolute atomic E-state index is 11.6. The van der Waals surface area contributed by atoms with Crippen molar-refractivity contribution in [3.8, 4) is 5.75 Å². The maximum Gasteiger partial charge on any atom is 0.258 e. The molecule has 1 fully saturated rings. The molecule has 0 spiro atoms. The first-order valence-corrected chi connectivity index (χ1v) is 7.70. The average molecular weight is 393 g/mol. The van der Waals surface area contributed by atoms with E-state index in [0.29, 0.717) is 12.3 Å². The highest BCUT2D eigenvalue weighted by molar-refractivity contribution is 9.11. The Kier molecular flexibility index (Phi) is 5.66. The second kappa shape index (κ2) is 7.26. The number of rotatable bonds is 5. The minimum Gasteiger partial charge on any atom is -0.483 e. The van der Waals surface area contributed by atoms with E-state index < -0.39 is 0 Å². The third-order valence-corrected chi connectivity index (χ3v) is 3.92. The number of carbonyl (C=O) groups excluding carboxylic acids is 1. The summed E-state index contributed by atoms with van der Waals surface area (Å²) < 4.78 is 12.6. The van der Waals surface area contributed by atoms with E-state index in [1.165, 1.54) is 0 Å². The quantitative estimate of drug-likeness (QED) is 0.837. The summed E-state index contributed by atoms with van der Waals surface area (Å²) in [6.45, 7) is 1.36. The first-order chi connectivity index (χ1) is 9.15. The van der Waals surface area contributed by atoms with Gasteiger partial charge in [0.05, 0.1) is 10.6 Å². The highest BCUT2D eigenvalue weighted by atomic mass is 79.9. The van der Waals surface area contributed by atoms with Crippen molar-refractivity contribution in [2.45, 2.75) is 18.9 Å². The van der Waals surface area contributed by atoms with Gasteiger partial charge in [-0.3, -0.25) is 4.79 Å². The molecule has 1 atom stereocenters. The van der Waals surface area contributed by atoms with Crippen LogP contribution in [0.1, 0.15) is 12.8 Å². The zero-order valence-corrected chi connectivity index (χ0v) is 13.5. The standard InChI is InChI=1S/C13H15Br2NO3/c14-9-3-4-12(11(15)6-9)19-8-13(17)16-7-10-2-1-5-18-10/h3-4,6,10H,1-2,5,7-8H2,(H,16,17)/t10-/m1/s1. The predicted molar refractivity (Wildman–Crippen MR) is 79.3 cm³/mol. The summed E-state index contributed by atoms with van der Waals surface area (Å²) in [5.74, 6) is 0.515. The minimum absolute atomic E-state index is 0.00690. The molecular weight excluding hydrogens is 378 g/mol. The fraction of sp³-hybridized carbons (Fsp3) is 0.462. The van der Waals surface area contributed by atoms with Crippen molar-refractivity contribution in [2.75, 3.05) is 19.8 Å². The van der Waals surface area contributed by atoms with Crippen LogP contribution in [0.2, 0.25) is 0 Å². The largest absolute Gasteiger partial charge is 0.483 e. The average Bonchev–Trinajstić information content (AvgIpc) is 2.88. The van der Waals surface area contributed by atoms with Gasteiger partial charge in [0.25, 0.3) is 5.91 Å². The molecule has 1 saturated heterocycles. The Morgan fingerprint density at radius 3 is 3.00 bits per heavy atom. The van der Waals surface area contributed by atoms with Crippen LogP contribution in [0.15, 0.2) is 27.1 Å². The number of nitrogens with one attached hydrogen (secondary N) is 1. The molecular formula is C13H15Br2NO3. The fourth-order valence-corrected chi connectivity index (χ4v) is 2.98. The van der Waals surface area contributed by atoms with Crippen LogP contribution >= 0.6 is 31.9 Å². The van der Waals surface area contributed by atoms with Crippen molar-refractivity contribution in [3.05, 3.63) is 27.1 Å². The van der Waals surface area contributed by atoms with Gasteiger partial charge in [0.15, 0.2) is 6.61 Å². The number of ether oxygens (including phenoxy) is 2. The molecule has 1 aromatic carbocycles. The Balaban J connectivity index is 1.73. The fourth-order valence-electron chi connectivity index (χ4n) is 1.82. The van der Waals surface area contributed by atoms with Gasteiger partial charge in [-0.15, -0.1) is 0 Å². The summed E-state index contributed by atoms with van der Waals surface area (Å²) >= 11 is 6.74. The Morgan fingerprint density at radius 1 is 1.47 bits per heavy atom. The minimum atomic E-state index is -0.134. The SMILES string of the molecule is O=C(COc1ccc(Br)cc1Br)NC[C@H]1CCCO1. The molecule has 0 aromatic heterocycles. The van der Waals surface area contributed by atoms with Crippen LogP contribution in [-0.2, 0) is 9.53 Å². The molecule has 1 N–H and O–H groups in total. The van der Waals surface area contributed by atoms with Gasteiger partial charge in [-0.25, -0.2) is 0 Å². The van der Waals surface area contributed by atoms with E-state index >= 15 is 0 Å². The third-order valence-electron chi connectivity index (χ3n) is 2.80. The van der Waals surface area contributed by atoms with Crippen LogP contribution in [0, 0.1) is 0 Å². The first kappa shape index (κ1) is 14.8. The smallest absolute Gasteiger partial charge is 0.258 e. The summed E-state index contributed by atoms with van der Waals surface area (Å²) in [7, 11) is 0. The molecule has 6 heteroatoms. The van der Waals surface area contributed by atoms with E-state index in [-0.39, 0.29) is 18.6 Å². The Morgan fingerprint density at radius 2 is 2.32 bits per heavy atom. The second-order valence-corrected chi connectivity index (χ2v) is 6.07. The maximum atomic E-state index is 11.6. The van der Waals surface area contributed by atoms with Gasteiger partial charge in [-0.05, 0) is 47.0 Å². The Bertz CT molecular complexity index is 448. The lowest BCUT2D eigenvalue weighted by atomic mass is 10.2. The predicted octanol–water partition coefficient (Wildman–Crippen LogP) is 2.89. The van der Waals surface area contributed by atoms with Crippen molar-refractivity contribution in [1.29, 1.82) is 0 Å². The van der Waals surface area contributed by atoms with Gasteiger partial charge in [0.2, 0.25) is 0 Å². The lowest BCUT2D eigenvalue weighted by Gasteiger charge is -2.12. The summed E-state index contributed by atoms with van der Waals surface area (Å²) in [6, 6.07) is 5.55. The molecule has 1 aliphatic rings. The molecule has 0 bridgehead atoms. The highest BCUT2D eigenvalue weighted by Crippen LogP contribution is 2.28. The molecule has 1 aliphatic heterocycles. The van der Waals surface area contributed by atoms with E-state index in [1.807, 2.05) is 18.2 Å². The lowest BCUT2D eigenvalue weighted by Crippen LogP contribution is -2.35. The van der Waals surface area contributed by atoms with Gasteiger partial charge in [0.1, 0.15) is 5.75 Å². The second-order valence-electron chi connectivity index (χ2n) is 4.30. The normalized spacial score (nSPS) is 18.3. The van der Waals surface area contributed by atoms with Crippen molar-refractivity contribution in [2.24, 2.45) is 0 Å². The molecule has 1 heterocycles. The van der Waals surface area contributed by atoms with Gasteiger partial charge in [0, 0.05) is 17.6 Å². The van der Waals surface area contributed by atoms with E-state index in [2.05, 4.69) is 37.2 Å². The first-order valence-electron chi connectivity index (χ1n) is 6.11. The number of benzene rings is 1. The number of amides is 1. The zero-order chi connectivity index (χ0) is 13.7. The van der Waals surface area contributed by atoms with Crippen molar-refractivity contribution >= 4 is 37.8 Å². The summed E-state index contributed by atoms with van der Waals surface area (Å²) in [5, 5.41) is 2.81. The lowest BCUT2D eigenvalue weighted by molar-refractivity contribution is -0.123. The van der Waals surface area contributed by atoms with E-state index in [0.717, 1.165) is 28.4 Å². The monoisotopic (exact) mass is 391 g/mol. The number of hydrogen-bond donors (Lipinski definition) is 1. The molecule has 0 unspecified atom stereocenters. The van der Waals surface area contributed by atoms with Gasteiger partial charge >= 0.3 is 0 Å². The van der Waals surface area contributed by atoms with E-state index in [9.17, 15) is 4.79 Å². The Labute approximate surface area is 129 Å². The van der Waals surface area contributed by atoms with Crippen LogP contribution in [0.3, 0.4) is 0 Å². The summed E-state index contributed by atoms with van der Waals surface area (Å²) in [4.78, 5) is 11.6. The molecule has 4 nitrogen and oxygen atoms in total. The van der Waals surface area contributed by atoms with Crippen LogP contribution in [0.4, 0.5) is 0 Å². The van der Waals surface area contributed by atoms with E-state index in [1.54, 1.807) is 0 Å². The number of halogens is 2. The van der Waals surface area contributed by atoms with Crippen LogP contribution < -0.4 is 10.1 Å². The van der Waals surface area contributed by atoms with Crippen molar-refractivity contribution < 1.29 is 14.3 Å². The molecule has 2 rings (SSSR count). The van der Waals surface area contributed by atoms with E-state index in [4.69, 9.17) is 9.47 Å². The highest BCUT2D eigenvalue weighted by Gasteiger charge is 2.16. The van der Waals surface area contributed by atoms with Crippen LogP contribution in [0.5, 0.6) is 5.75 Å². The van der Waals surface area contributed by atoms with Crippen molar-refractivity contribution in [1.82, 2.24) is 5.32 Å². The van der Waals surface area contributed by atoms with Gasteiger partial charge in [-0.2, -0.15) is 0 Å². The summed E-state index contributed by atoms with van der Waals surface area (Å²) in [5.41, 5.74) is 0. The van der Waals surface area contributed by atoms with Gasteiger partial charge < -0.3 is 14.8 Å². The topological polar surface area (TPSA) is 47.6 Å². The molecule has 104 valence electrons. The third kappa shape index (κ3) is 4.78. The van der Waals surface area contributed by atoms with Crippen LogP contribution in [-0.4, -0.2) is 31.8 Å². The molecule has 0 radical (unpaired) electrons. The molecule has 1 amide bonds. The zero-order valence-electron chi connectivity index (χ0n) is 10.3. The van der Waals surface area contributed by atoms with Crippen molar-refractivity contribution in [3.63, 3.8) is 0 Å². The molecule has 0 aliphatic carbocycles. The number of carbonyl (C=O) groups is 1. The Hall–Kier alpha value is -0.590. The van der Waals surface area contributed by atoms with Gasteiger partial charge in [-0.1, -0.05) is 15.9 Å². The molecule has 0 saturated carbocycles. The molecule has 19 heavy (non-hydrogen) atoms. The summed E-state index contributed by atoms with van der Waals surface area (Å²) in [6.07, 6.45) is 2.24. The van der Waals surface area contributed by atoms with Crippen LogP contribution in [0.25, 0.3) is 0 Å². The number of hydrogen-bond acceptors (Lipinski definition) is 3.